The van der Waals surface area contributed by atoms with E-state index in [9.17, 15) is 0 Å². The molecular weight excluding hydrogens is 462 g/mol. The van der Waals surface area contributed by atoms with Gasteiger partial charge in [0.05, 0.1) is 11.0 Å². The van der Waals surface area contributed by atoms with Crippen molar-refractivity contribution >= 4 is 74.7 Å². The van der Waals surface area contributed by atoms with Crippen LogP contribution in [0.1, 0.15) is 0 Å². The summed E-state index contributed by atoms with van der Waals surface area (Å²) in [5.41, 5.74) is 5.01. The first-order valence-electron chi connectivity index (χ1n) is 11.8. The molecule has 0 aliphatic rings. The average Bonchev–Trinajstić information content (AvgIpc) is 3.60. The van der Waals surface area contributed by atoms with Gasteiger partial charge in [0.1, 0.15) is 0 Å². The van der Waals surface area contributed by atoms with Crippen molar-refractivity contribution in [1.82, 2.24) is 4.57 Å². The highest BCUT2D eigenvalue weighted by atomic mass is 32.1. The Morgan fingerprint density at radius 3 is 2.20 bits per heavy atom. The van der Waals surface area contributed by atoms with E-state index in [0.29, 0.717) is 0 Å². The third-order valence-corrected chi connectivity index (χ3v) is 9.37. The maximum absolute atomic E-state index is 2.44. The van der Waals surface area contributed by atoms with Gasteiger partial charge in [-0.05, 0) is 53.4 Å². The summed E-state index contributed by atoms with van der Waals surface area (Å²) in [5.74, 6) is 0. The standard InChI is InChI=1S/C32H19NS2/c1-2-8-20(9-3-1)30-18-21-14-16-27-31(32(21)35-30)24-11-4-6-12-26(24)33(27)22-15-17-29-25(19-22)23-10-5-7-13-28(23)34-29/h1-19H. The maximum atomic E-state index is 2.44. The number of fused-ring (bicyclic) bond motifs is 8. The Kier molecular flexibility index (Phi) is 4.04. The number of benzene rings is 5. The Morgan fingerprint density at radius 1 is 0.514 bits per heavy atom. The molecule has 0 radical (unpaired) electrons. The van der Waals surface area contributed by atoms with Crippen molar-refractivity contribution < 1.29 is 0 Å². The van der Waals surface area contributed by atoms with Gasteiger partial charge in [0, 0.05) is 46.2 Å². The summed E-state index contributed by atoms with van der Waals surface area (Å²) in [4.78, 5) is 1.32. The van der Waals surface area contributed by atoms with Crippen molar-refractivity contribution in [3.63, 3.8) is 0 Å². The van der Waals surface area contributed by atoms with Crippen molar-refractivity contribution in [1.29, 1.82) is 0 Å². The zero-order valence-electron chi connectivity index (χ0n) is 18.7. The molecule has 5 aromatic carbocycles. The average molecular weight is 482 g/mol. The summed E-state index contributed by atoms with van der Waals surface area (Å²) in [6.45, 7) is 0. The molecule has 0 saturated heterocycles. The van der Waals surface area contributed by atoms with Gasteiger partial charge in [-0.3, -0.25) is 0 Å². The SMILES string of the molecule is c1ccc(-c2cc3ccc4c(c5ccccc5n4-c4ccc5sc6ccccc6c5c4)c3s2)cc1. The summed E-state index contributed by atoms with van der Waals surface area (Å²) in [6, 6.07) is 42.1. The molecule has 0 spiro atoms. The predicted octanol–water partition coefficient (Wildman–Crippen LogP) is 10.0. The Morgan fingerprint density at radius 2 is 1.29 bits per heavy atom. The minimum absolute atomic E-state index is 1.21. The molecule has 0 N–H and O–H groups in total. The van der Waals surface area contributed by atoms with Crippen molar-refractivity contribution in [3.8, 4) is 16.1 Å². The Balaban J connectivity index is 1.46. The minimum atomic E-state index is 1.21. The first-order valence-corrected chi connectivity index (χ1v) is 13.4. The second kappa shape index (κ2) is 7.29. The molecule has 3 aromatic heterocycles. The molecule has 0 bridgehead atoms. The highest BCUT2D eigenvalue weighted by molar-refractivity contribution is 7.25. The zero-order valence-corrected chi connectivity index (χ0v) is 20.4. The van der Waals surface area contributed by atoms with Crippen LogP contribution in [0.5, 0.6) is 0 Å². The molecule has 1 nitrogen and oxygen atoms in total. The van der Waals surface area contributed by atoms with Gasteiger partial charge in [-0.15, -0.1) is 22.7 Å². The Hall–Kier alpha value is -3.92. The number of aromatic nitrogens is 1. The largest absolute Gasteiger partial charge is 0.309 e. The van der Waals surface area contributed by atoms with E-state index in [4.69, 9.17) is 0 Å². The first-order chi connectivity index (χ1) is 17.3. The van der Waals surface area contributed by atoms with Gasteiger partial charge in [0.2, 0.25) is 0 Å². The van der Waals surface area contributed by atoms with E-state index in [0.717, 1.165) is 0 Å². The molecule has 8 aromatic rings. The molecule has 164 valence electrons. The van der Waals surface area contributed by atoms with E-state index in [1.54, 1.807) is 0 Å². The van der Waals surface area contributed by atoms with Crippen LogP contribution in [0.4, 0.5) is 0 Å². The minimum Gasteiger partial charge on any atom is -0.309 e. The van der Waals surface area contributed by atoms with Crippen LogP contribution < -0.4 is 0 Å². The summed E-state index contributed by atoms with van der Waals surface area (Å²) < 4.78 is 6.48. The number of nitrogens with zero attached hydrogens (tertiary/aromatic N) is 1. The van der Waals surface area contributed by atoms with Crippen LogP contribution >= 0.6 is 22.7 Å². The van der Waals surface area contributed by atoms with Crippen LogP contribution in [0.3, 0.4) is 0 Å². The Labute approximate surface area is 210 Å². The van der Waals surface area contributed by atoms with E-state index < -0.39 is 0 Å². The van der Waals surface area contributed by atoms with Crippen LogP contribution in [0.25, 0.3) is 68.2 Å². The molecule has 8 rings (SSSR count). The van der Waals surface area contributed by atoms with Crippen LogP contribution in [0, 0.1) is 0 Å². The molecule has 0 amide bonds. The molecule has 0 atom stereocenters. The van der Waals surface area contributed by atoms with Gasteiger partial charge in [0.15, 0.2) is 0 Å². The van der Waals surface area contributed by atoms with E-state index in [2.05, 4.69) is 120 Å². The molecule has 0 fully saturated rings. The monoisotopic (exact) mass is 481 g/mol. The van der Waals surface area contributed by atoms with Gasteiger partial charge in [-0.25, -0.2) is 0 Å². The molecule has 0 aliphatic heterocycles. The van der Waals surface area contributed by atoms with Crippen LogP contribution in [0.2, 0.25) is 0 Å². The summed E-state index contributed by atoms with van der Waals surface area (Å²) in [6.07, 6.45) is 0. The number of rotatable bonds is 2. The fourth-order valence-corrected chi connectivity index (χ4v) is 7.73. The van der Waals surface area contributed by atoms with E-state index in [-0.39, 0.29) is 0 Å². The lowest BCUT2D eigenvalue weighted by Gasteiger charge is -2.08. The topological polar surface area (TPSA) is 4.93 Å². The quantitative estimate of drug-likeness (QED) is 0.231. The fraction of sp³-hybridized carbons (Fsp3) is 0. The van der Waals surface area contributed by atoms with Crippen molar-refractivity contribution in [2.75, 3.05) is 0 Å². The van der Waals surface area contributed by atoms with Crippen molar-refractivity contribution in [2.24, 2.45) is 0 Å². The van der Waals surface area contributed by atoms with Gasteiger partial charge >= 0.3 is 0 Å². The van der Waals surface area contributed by atoms with Crippen molar-refractivity contribution in [3.05, 3.63) is 115 Å². The maximum Gasteiger partial charge on any atom is 0.0555 e. The molecule has 3 heterocycles. The molecule has 0 aliphatic carbocycles. The molecule has 35 heavy (non-hydrogen) atoms. The molecular formula is C32H19NS2. The second-order valence-corrected chi connectivity index (χ2v) is 11.1. The van der Waals surface area contributed by atoms with Gasteiger partial charge < -0.3 is 4.57 Å². The van der Waals surface area contributed by atoms with Crippen LogP contribution in [-0.2, 0) is 0 Å². The molecule has 3 heteroatoms. The number of thiophene rings is 2. The molecule has 0 unspecified atom stereocenters. The van der Waals surface area contributed by atoms with Gasteiger partial charge in [0.25, 0.3) is 0 Å². The van der Waals surface area contributed by atoms with Crippen LogP contribution in [-0.4, -0.2) is 4.57 Å². The fourth-order valence-electron chi connectivity index (χ4n) is 5.43. The third-order valence-electron chi connectivity index (χ3n) is 7.00. The highest BCUT2D eigenvalue weighted by Crippen LogP contribution is 2.43. The Bertz CT molecular complexity index is 2050. The van der Waals surface area contributed by atoms with E-state index in [1.807, 2.05) is 22.7 Å². The lowest BCUT2D eigenvalue weighted by Crippen LogP contribution is -1.93. The number of para-hydroxylation sites is 1. The highest BCUT2D eigenvalue weighted by Gasteiger charge is 2.17. The summed E-state index contributed by atoms with van der Waals surface area (Å²) in [7, 11) is 0. The lowest BCUT2D eigenvalue weighted by atomic mass is 10.1. The smallest absolute Gasteiger partial charge is 0.0555 e. The van der Waals surface area contributed by atoms with Crippen molar-refractivity contribution in [2.45, 2.75) is 0 Å². The summed E-state index contributed by atoms with van der Waals surface area (Å²) >= 11 is 3.77. The number of hydrogen-bond acceptors (Lipinski definition) is 2. The normalized spacial score (nSPS) is 12.0. The zero-order chi connectivity index (χ0) is 22.9. The molecule has 0 saturated carbocycles. The number of hydrogen-bond donors (Lipinski definition) is 0. The third kappa shape index (κ3) is 2.80. The predicted molar refractivity (Wildman–Crippen MR) is 154 cm³/mol. The van der Waals surface area contributed by atoms with E-state index in [1.165, 1.54) is 68.2 Å². The summed E-state index contributed by atoms with van der Waals surface area (Å²) in [5, 5.41) is 6.63. The van der Waals surface area contributed by atoms with Crippen LogP contribution in [0.15, 0.2) is 115 Å². The second-order valence-electron chi connectivity index (χ2n) is 8.99. The van der Waals surface area contributed by atoms with Gasteiger partial charge in [-0.2, -0.15) is 0 Å². The van der Waals surface area contributed by atoms with Gasteiger partial charge in [-0.1, -0.05) is 72.8 Å². The first kappa shape index (κ1) is 19.4. The van der Waals surface area contributed by atoms with E-state index >= 15 is 0 Å². The lowest BCUT2D eigenvalue weighted by molar-refractivity contribution is 1.19.